The minimum Gasteiger partial charge on any atom is -0.480 e. The van der Waals surface area contributed by atoms with E-state index in [2.05, 4.69) is 91.3 Å². The predicted molar refractivity (Wildman–Crippen MR) is 254 cm³/mol. The third-order valence-electron chi connectivity index (χ3n) is 9.94. The lowest BCUT2D eigenvalue weighted by atomic mass is 10.1. The van der Waals surface area contributed by atoms with Crippen LogP contribution in [0.5, 0.6) is 0 Å². The summed E-state index contributed by atoms with van der Waals surface area (Å²) in [5.41, 5.74) is 5.34. The lowest BCUT2D eigenvalue weighted by Gasteiger charge is -2.20. The van der Waals surface area contributed by atoms with E-state index in [1.165, 1.54) is 83.5 Å². The number of carboxylic acids is 1. The zero-order valence-electron chi connectivity index (χ0n) is 38.7. The molecule has 11 nitrogen and oxygen atoms in total. The van der Waals surface area contributed by atoms with E-state index < -0.39 is 51.1 Å². The van der Waals surface area contributed by atoms with Gasteiger partial charge in [0.2, 0.25) is 0 Å². The molecule has 0 saturated heterocycles. The predicted octanol–water partition coefficient (Wildman–Crippen LogP) is 13.3. The molecule has 356 valence electrons. The summed E-state index contributed by atoms with van der Waals surface area (Å²) >= 11 is 0. The first-order chi connectivity index (χ1) is 30.1. The van der Waals surface area contributed by atoms with Crippen molar-refractivity contribution in [3.8, 4) is 0 Å². The molecule has 0 radical (unpaired) electrons. The van der Waals surface area contributed by atoms with Crippen LogP contribution in [0.1, 0.15) is 194 Å². The maximum Gasteiger partial charge on any atom is 0.472 e. The van der Waals surface area contributed by atoms with Crippen LogP contribution < -0.4 is 5.73 Å². The fourth-order valence-electron chi connectivity index (χ4n) is 6.20. The number of unbranched alkanes of at least 4 members (excludes halogenated alkanes) is 18. The largest absolute Gasteiger partial charge is 0.480 e. The first-order valence-electron chi connectivity index (χ1n) is 24.0. The molecule has 4 N–H and O–H groups in total. The van der Waals surface area contributed by atoms with Crippen LogP contribution in [0.4, 0.5) is 0 Å². The molecule has 0 fully saturated rings. The Morgan fingerprint density at radius 2 is 0.903 bits per heavy atom. The third kappa shape index (κ3) is 43.6. The number of carbonyl (C=O) groups excluding carboxylic acids is 2. The van der Waals surface area contributed by atoms with Gasteiger partial charge >= 0.3 is 25.7 Å². The molecule has 0 aromatic heterocycles. The van der Waals surface area contributed by atoms with Gasteiger partial charge in [0.05, 0.1) is 13.2 Å². The van der Waals surface area contributed by atoms with Crippen LogP contribution in [-0.2, 0) is 37.5 Å². The van der Waals surface area contributed by atoms with Crippen molar-refractivity contribution in [2.75, 3.05) is 19.8 Å². The number of hydrogen-bond donors (Lipinski definition) is 3. The van der Waals surface area contributed by atoms with E-state index >= 15 is 0 Å². The van der Waals surface area contributed by atoms with Gasteiger partial charge in [0.1, 0.15) is 12.6 Å². The molecule has 12 heteroatoms. The van der Waals surface area contributed by atoms with Gasteiger partial charge in [-0.3, -0.25) is 23.4 Å². The van der Waals surface area contributed by atoms with Gasteiger partial charge in [-0.05, 0) is 83.5 Å². The summed E-state index contributed by atoms with van der Waals surface area (Å²) in [7, 11) is -4.73. The molecule has 0 rings (SSSR count). The lowest BCUT2D eigenvalue weighted by Crippen LogP contribution is -2.34. The quantitative estimate of drug-likeness (QED) is 0.0230. The Hall–Kier alpha value is -3.08. The van der Waals surface area contributed by atoms with E-state index in [0.29, 0.717) is 12.8 Å². The number of phosphoric ester groups is 1. The Morgan fingerprint density at radius 3 is 1.39 bits per heavy atom. The highest BCUT2D eigenvalue weighted by Gasteiger charge is 2.28. The van der Waals surface area contributed by atoms with Gasteiger partial charge in [-0.2, -0.15) is 0 Å². The van der Waals surface area contributed by atoms with E-state index in [-0.39, 0.29) is 19.4 Å². The zero-order valence-corrected chi connectivity index (χ0v) is 39.6. The minimum atomic E-state index is -4.73. The number of rotatable bonds is 44. The molecule has 0 aromatic rings. The Kier molecular flexibility index (Phi) is 42.3. The molecule has 0 spiro atoms. The number of aliphatic carboxylic acids is 1. The smallest absolute Gasteiger partial charge is 0.472 e. The molecule has 3 atom stereocenters. The van der Waals surface area contributed by atoms with Crippen LogP contribution in [0.15, 0.2) is 72.9 Å². The SMILES string of the molecule is CC/C=C\C/C=C\C/C=C\C/C=C\C/C=C\CCCCCC(=O)OC[C@H](COP(=O)(O)OC[C@H](N)C(=O)O)OC(=O)CCCCCCCCCCC/C=C\CCCCCCCC. The first kappa shape index (κ1) is 58.9. The molecule has 0 bridgehead atoms. The second-order valence-corrected chi connectivity index (χ2v) is 17.3. The fourth-order valence-corrected chi connectivity index (χ4v) is 6.98. The third-order valence-corrected chi connectivity index (χ3v) is 10.9. The number of esters is 2. The van der Waals surface area contributed by atoms with Gasteiger partial charge in [0, 0.05) is 12.8 Å². The van der Waals surface area contributed by atoms with Crippen molar-refractivity contribution in [2.45, 2.75) is 206 Å². The molecule has 0 saturated carbocycles. The number of ether oxygens (including phenoxy) is 2. The number of hydrogen-bond acceptors (Lipinski definition) is 9. The molecule has 1 unspecified atom stereocenters. The average molecular weight is 892 g/mol. The number of allylic oxidation sites excluding steroid dienone is 12. The van der Waals surface area contributed by atoms with Crippen LogP contribution in [0.3, 0.4) is 0 Å². The number of phosphoric acid groups is 1. The van der Waals surface area contributed by atoms with Crippen molar-refractivity contribution in [1.82, 2.24) is 0 Å². The van der Waals surface area contributed by atoms with Gasteiger partial charge in [-0.15, -0.1) is 0 Å². The normalized spacial score (nSPS) is 14.3. The first-order valence-corrected chi connectivity index (χ1v) is 25.5. The standard InChI is InChI=1S/C50H86NO10P/c1-3-5-7-9-11-13-15-17-19-21-23-25-27-29-31-33-35-37-39-41-48(52)58-43-46(44-59-62(56,57)60-45-47(51)50(54)55)61-49(53)42-40-38-36-34-32-30-28-26-24-22-20-18-16-14-12-10-8-6-4-2/h5,7,11,13,17-20,23,25,29,31,46-47H,3-4,6,8-10,12,14-16,21-22,24,26-28,30,32-45,51H2,1-2H3,(H,54,55)(H,56,57)/b7-5-,13-11-,19-17-,20-18-,25-23-,31-29-/t46-,47+/m1/s1. The van der Waals surface area contributed by atoms with E-state index in [1.807, 2.05) is 0 Å². The molecule has 62 heavy (non-hydrogen) atoms. The van der Waals surface area contributed by atoms with E-state index in [9.17, 15) is 23.8 Å². The molecule has 0 amide bonds. The molecule has 0 heterocycles. The maximum absolute atomic E-state index is 12.7. The molecular formula is C50H86NO10P. The Morgan fingerprint density at radius 1 is 0.516 bits per heavy atom. The van der Waals surface area contributed by atoms with Crippen molar-refractivity contribution in [3.05, 3.63) is 72.9 Å². The Bertz CT molecular complexity index is 1320. The van der Waals surface area contributed by atoms with Gasteiger partial charge in [0.15, 0.2) is 6.10 Å². The monoisotopic (exact) mass is 892 g/mol. The van der Waals surface area contributed by atoms with Crippen LogP contribution >= 0.6 is 7.82 Å². The van der Waals surface area contributed by atoms with Crippen LogP contribution in [0, 0.1) is 0 Å². The highest BCUT2D eigenvalue weighted by Crippen LogP contribution is 2.43. The number of carbonyl (C=O) groups is 3. The van der Waals surface area contributed by atoms with Crippen molar-refractivity contribution < 1.29 is 47.5 Å². The lowest BCUT2D eigenvalue weighted by molar-refractivity contribution is -0.161. The summed E-state index contributed by atoms with van der Waals surface area (Å²) in [5.74, 6) is -2.43. The number of carboxylic acid groups (broad SMARTS) is 1. The van der Waals surface area contributed by atoms with Crippen molar-refractivity contribution in [3.63, 3.8) is 0 Å². The molecule has 0 aliphatic heterocycles. The second-order valence-electron chi connectivity index (χ2n) is 15.9. The summed E-state index contributed by atoms with van der Waals surface area (Å²) in [6.07, 6.45) is 53.9. The molecule has 0 aliphatic carbocycles. The zero-order chi connectivity index (χ0) is 45.6. The summed E-state index contributed by atoms with van der Waals surface area (Å²) in [4.78, 5) is 46.1. The maximum atomic E-state index is 12.7. The molecular weight excluding hydrogens is 806 g/mol. The Balaban J connectivity index is 4.37. The summed E-state index contributed by atoms with van der Waals surface area (Å²) in [6.45, 7) is 2.66. The highest BCUT2D eigenvalue weighted by atomic mass is 31.2. The summed E-state index contributed by atoms with van der Waals surface area (Å²) in [6, 6.07) is -1.53. The topological polar surface area (TPSA) is 172 Å². The van der Waals surface area contributed by atoms with Gasteiger partial charge < -0.3 is 25.2 Å². The fraction of sp³-hybridized carbons (Fsp3) is 0.700. The highest BCUT2D eigenvalue weighted by molar-refractivity contribution is 7.47. The van der Waals surface area contributed by atoms with Gasteiger partial charge in [-0.25, -0.2) is 4.57 Å². The van der Waals surface area contributed by atoms with Crippen LogP contribution in [0.25, 0.3) is 0 Å². The summed E-state index contributed by atoms with van der Waals surface area (Å²) in [5, 5.41) is 8.91. The van der Waals surface area contributed by atoms with E-state index in [0.717, 1.165) is 70.6 Å². The average Bonchev–Trinajstić information content (AvgIpc) is 3.25. The van der Waals surface area contributed by atoms with Crippen LogP contribution in [0.2, 0.25) is 0 Å². The number of nitrogens with two attached hydrogens (primary N) is 1. The Labute approximate surface area is 376 Å². The molecule has 0 aromatic carbocycles. The van der Waals surface area contributed by atoms with Gasteiger partial charge in [0.25, 0.3) is 0 Å². The summed E-state index contributed by atoms with van der Waals surface area (Å²) < 4.78 is 32.8. The van der Waals surface area contributed by atoms with Crippen molar-refractivity contribution in [1.29, 1.82) is 0 Å². The van der Waals surface area contributed by atoms with E-state index in [1.54, 1.807) is 0 Å². The van der Waals surface area contributed by atoms with Crippen molar-refractivity contribution in [2.24, 2.45) is 5.73 Å². The molecule has 0 aliphatic rings. The van der Waals surface area contributed by atoms with Crippen LogP contribution in [-0.4, -0.2) is 59.9 Å². The van der Waals surface area contributed by atoms with Gasteiger partial charge in [-0.1, -0.05) is 170 Å². The van der Waals surface area contributed by atoms with E-state index in [4.69, 9.17) is 24.8 Å². The van der Waals surface area contributed by atoms with Crippen molar-refractivity contribution >= 4 is 25.7 Å². The minimum absolute atomic E-state index is 0.148. The second kappa shape index (κ2) is 44.5.